The molecule has 10 nitrogen and oxygen atoms in total. The maximum Gasteiger partial charge on any atom is 0.410 e. The van der Waals surface area contributed by atoms with E-state index in [0.717, 1.165) is 17.7 Å². The van der Waals surface area contributed by atoms with Crippen LogP contribution < -0.4 is 0 Å². The summed E-state index contributed by atoms with van der Waals surface area (Å²) < 4.78 is 33.1. The molecule has 2 atom stereocenters. The van der Waals surface area contributed by atoms with Gasteiger partial charge >= 0.3 is 6.09 Å². The van der Waals surface area contributed by atoms with E-state index in [4.69, 9.17) is 4.74 Å². The zero-order valence-electron chi connectivity index (χ0n) is 17.8. The van der Waals surface area contributed by atoms with Crippen LogP contribution in [-0.2, 0) is 21.4 Å². The fourth-order valence-electron chi connectivity index (χ4n) is 3.91. The third kappa shape index (κ3) is 5.32. The molecule has 1 N–H and O–H groups in total. The zero-order valence-corrected chi connectivity index (χ0v) is 18.6. The highest BCUT2D eigenvalue weighted by molar-refractivity contribution is 7.89. The van der Waals surface area contributed by atoms with Crippen molar-refractivity contribution < 1.29 is 28.0 Å². The van der Waals surface area contributed by atoms with Gasteiger partial charge in [0, 0.05) is 37.2 Å². The molecule has 1 aliphatic heterocycles. The van der Waals surface area contributed by atoms with Crippen molar-refractivity contribution in [2.75, 3.05) is 19.6 Å². The number of nitro groups is 1. The Balaban J connectivity index is 1.41. The van der Waals surface area contributed by atoms with Gasteiger partial charge in [0.05, 0.1) is 22.5 Å². The maximum absolute atomic E-state index is 13.2. The number of rotatable bonds is 8. The lowest BCUT2D eigenvalue weighted by atomic mass is 10.1. The first-order valence-electron chi connectivity index (χ1n) is 10.7. The van der Waals surface area contributed by atoms with E-state index in [2.05, 4.69) is 0 Å². The number of aliphatic hydroxyl groups excluding tert-OH is 1. The number of nitro benzene ring substituents is 1. The van der Waals surface area contributed by atoms with Crippen LogP contribution in [0.15, 0.2) is 59.5 Å². The molecule has 2 aromatic rings. The number of ether oxygens (including phenoxy) is 1. The van der Waals surface area contributed by atoms with Crippen LogP contribution in [0.3, 0.4) is 0 Å². The largest absolute Gasteiger partial charge is 0.445 e. The van der Waals surface area contributed by atoms with Gasteiger partial charge in [-0.05, 0) is 30.5 Å². The topological polar surface area (TPSA) is 130 Å². The summed E-state index contributed by atoms with van der Waals surface area (Å²) in [6.07, 6.45) is -0.0328. The third-order valence-corrected chi connectivity index (χ3v) is 7.83. The molecule has 1 saturated carbocycles. The SMILES string of the molecule is O=C(OCc1ccccc1)N1C[C@H](CN(C2CC2)S(=O)(=O)c2ccc([N+](=O)[O-])cc2)[C@@H](O)C1. The quantitative estimate of drug-likeness (QED) is 0.458. The number of hydrogen-bond acceptors (Lipinski definition) is 7. The van der Waals surface area contributed by atoms with E-state index in [-0.39, 0.29) is 42.9 Å². The molecule has 11 heteroatoms. The van der Waals surface area contributed by atoms with E-state index in [9.17, 15) is 28.4 Å². The molecule has 0 unspecified atom stereocenters. The second-order valence-corrected chi connectivity index (χ2v) is 10.2. The Morgan fingerprint density at radius 1 is 1.12 bits per heavy atom. The number of carbonyl (C=O) groups is 1. The van der Waals surface area contributed by atoms with Crippen molar-refractivity contribution in [1.82, 2.24) is 9.21 Å². The summed E-state index contributed by atoms with van der Waals surface area (Å²) in [6, 6.07) is 13.8. The van der Waals surface area contributed by atoms with Crippen LogP contribution in [0.4, 0.5) is 10.5 Å². The molecule has 4 rings (SSSR count). The van der Waals surface area contributed by atoms with Gasteiger partial charge in [0.15, 0.2) is 0 Å². The molecule has 2 aliphatic rings. The van der Waals surface area contributed by atoms with E-state index in [0.29, 0.717) is 12.8 Å². The average Bonchev–Trinajstić information content (AvgIpc) is 3.58. The Kier molecular flexibility index (Phi) is 6.63. The van der Waals surface area contributed by atoms with Crippen molar-refractivity contribution in [3.05, 3.63) is 70.3 Å². The molecule has 2 fully saturated rings. The van der Waals surface area contributed by atoms with Gasteiger partial charge in [0.1, 0.15) is 6.61 Å². The van der Waals surface area contributed by atoms with E-state index >= 15 is 0 Å². The van der Waals surface area contributed by atoms with Crippen molar-refractivity contribution in [2.45, 2.75) is 36.5 Å². The highest BCUT2D eigenvalue weighted by Gasteiger charge is 2.43. The first-order chi connectivity index (χ1) is 15.8. The van der Waals surface area contributed by atoms with Crippen molar-refractivity contribution in [1.29, 1.82) is 0 Å². The lowest BCUT2D eigenvalue weighted by molar-refractivity contribution is -0.384. The summed E-state index contributed by atoms with van der Waals surface area (Å²) >= 11 is 0. The molecular formula is C22H25N3O7S. The summed E-state index contributed by atoms with van der Waals surface area (Å²) in [6.45, 7) is 0.398. The van der Waals surface area contributed by atoms with Gasteiger partial charge in [0.2, 0.25) is 10.0 Å². The lowest BCUT2D eigenvalue weighted by Gasteiger charge is -2.26. The number of carbonyl (C=O) groups excluding carboxylic acids is 1. The summed E-state index contributed by atoms with van der Waals surface area (Å²) in [5.41, 5.74) is 0.652. The first kappa shape index (κ1) is 23.1. The van der Waals surface area contributed by atoms with E-state index in [1.165, 1.54) is 21.3 Å². The Hall–Kier alpha value is -3.02. The highest BCUT2D eigenvalue weighted by Crippen LogP contribution is 2.34. The van der Waals surface area contributed by atoms with Crippen LogP contribution in [0.1, 0.15) is 18.4 Å². The van der Waals surface area contributed by atoms with E-state index in [1.807, 2.05) is 30.3 Å². The lowest BCUT2D eigenvalue weighted by Crippen LogP contribution is -2.40. The van der Waals surface area contributed by atoms with Gasteiger partial charge in [-0.25, -0.2) is 13.2 Å². The predicted octanol–water partition coefficient (Wildman–Crippen LogP) is 2.38. The summed E-state index contributed by atoms with van der Waals surface area (Å²) in [7, 11) is -3.91. The standard InChI is InChI=1S/C22H25N3O7S/c26-21-14-23(22(27)32-15-16-4-2-1-3-5-16)12-17(21)13-24(18-6-7-18)33(30,31)20-10-8-19(9-11-20)25(28)29/h1-5,8-11,17-18,21,26H,6-7,12-15H2/t17-,21+/m1/s1. The van der Waals surface area contributed by atoms with E-state index < -0.39 is 33.1 Å². The van der Waals surface area contributed by atoms with Gasteiger partial charge in [-0.15, -0.1) is 0 Å². The van der Waals surface area contributed by atoms with Crippen molar-refractivity contribution >= 4 is 21.8 Å². The maximum atomic E-state index is 13.2. The van der Waals surface area contributed by atoms with Crippen LogP contribution in [0.2, 0.25) is 0 Å². The monoisotopic (exact) mass is 475 g/mol. The van der Waals surface area contributed by atoms with Gasteiger partial charge in [-0.1, -0.05) is 30.3 Å². The molecule has 0 radical (unpaired) electrons. The Bertz CT molecular complexity index is 1100. The minimum atomic E-state index is -3.91. The summed E-state index contributed by atoms with van der Waals surface area (Å²) in [4.78, 5) is 24.1. The first-order valence-corrected chi connectivity index (χ1v) is 12.1. The summed E-state index contributed by atoms with van der Waals surface area (Å²) in [5, 5.41) is 21.4. The minimum absolute atomic E-state index is 0.0355. The van der Waals surface area contributed by atoms with Crippen molar-refractivity contribution in [3.63, 3.8) is 0 Å². The molecule has 33 heavy (non-hydrogen) atoms. The number of sulfonamides is 1. The number of β-amino-alcohol motifs (C(OH)–C–C–N with tert-alkyl or cyclic N) is 1. The highest BCUT2D eigenvalue weighted by atomic mass is 32.2. The van der Waals surface area contributed by atoms with Crippen LogP contribution in [0, 0.1) is 16.0 Å². The second-order valence-electron chi connectivity index (χ2n) is 8.33. The van der Waals surface area contributed by atoms with Gasteiger partial charge in [-0.2, -0.15) is 4.31 Å². The molecular weight excluding hydrogens is 450 g/mol. The Labute approximate surface area is 191 Å². The molecule has 1 amide bonds. The molecule has 176 valence electrons. The summed E-state index contributed by atoms with van der Waals surface area (Å²) in [5.74, 6) is -0.470. The second kappa shape index (κ2) is 9.46. The number of non-ortho nitro benzene ring substituents is 1. The number of benzene rings is 2. The minimum Gasteiger partial charge on any atom is -0.445 e. The average molecular weight is 476 g/mol. The molecule has 1 saturated heterocycles. The molecule has 0 bridgehead atoms. The van der Waals surface area contributed by atoms with Crippen molar-refractivity contribution in [2.24, 2.45) is 5.92 Å². The Morgan fingerprint density at radius 2 is 1.79 bits per heavy atom. The van der Waals surface area contributed by atoms with Crippen LogP contribution in [-0.4, -0.2) is 65.5 Å². The Morgan fingerprint density at radius 3 is 2.39 bits per heavy atom. The number of hydrogen-bond donors (Lipinski definition) is 1. The third-order valence-electron chi connectivity index (χ3n) is 5.89. The smallest absolute Gasteiger partial charge is 0.410 e. The number of aliphatic hydroxyl groups is 1. The molecule has 0 spiro atoms. The van der Waals surface area contributed by atoms with Gasteiger partial charge in [0.25, 0.3) is 5.69 Å². The number of likely N-dealkylation sites (tertiary alicyclic amines) is 1. The van der Waals surface area contributed by atoms with E-state index in [1.54, 1.807) is 0 Å². The van der Waals surface area contributed by atoms with Crippen LogP contribution in [0.5, 0.6) is 0 Å². The number of nitrogens with zero attached hydrogens (tertiary/aromatic N) is 3. The fourth-order valence-corrected chi connectivity index (χ4v) is 5.65. The number of amides is 1. The zero-order chi connectivity index (χ0) is 23.6. The predicted molar refractivity (Wildman–Crippen MR) is 118 cm³/mol. The van der Waals surface area contributed by atoms with Crippen LogP contribution >= 0.6 is 0 Å². The van der Waals surface area contributed by atoms with Crippen molar-refractivity contribution in [3.8, 4) is 0 Å². The molecule has 1 heterocycles. The van der Waals surface area contributed by atoms with Gasteiger partial charge < -0.3 is 14.7 Å². The van der Waals surface area contributed by atoms with Gasteiger partial charge in [-0.3, -0.25) is 10.1 Å². The van der Waals surface area contributed by atoms with Crippen LogP contribution in [0.25, 0.3) is 0 Å². The molecule has 2 aromatic carbocycles. The fraction of sp³-hybridized carbons (Fsp3) is 0.409. The molecule has 0 aromatic heterocycles. The normalized spacial score (nSPS) is 20.7. The molecule has 1 aliphatic carbocycles.